The molecular weight excluding hydrogens is 322 g/mol. The molecule has 0 aliphatic rings. The fourth-order valence-corrected chi connectivity index (χ4v) is 3.56. The molecule has 0 unspecified atom stereocenters. The lowest BCUT2D eigenvalue weighted by Crippen LogP contribution is -2.33. The van der Waals surface area contributed by atoms with Crippen LogP contribution < -0.4 is 4.74 Å². The van der Waals surface area contributed by atoms with Gasteiger partial charge in [0, 0.05) is 18.5 Å². The molecule has 0 N–H and O–H groups in total. The van der Waals surface area contributed by atoms with E-state index >= 15 is 0 Å². The monoisotopic (exact) mass is 343 g/mol. The minimum atomic E-state index is -0.306. The van der Waals surface area contributed by atoms with Gasteiger partial charge in [0.25, 0.3) is 0 Å². The van der Waals surface area contributed by atoms with E-state index in [1.54, 1.807) is 4.90 Å². The number of fused-ring (bicyclic) bond motifs is 5. The summed E-state index contributed by atoms with van der Waals surface area (Å²) in [6.45, 7) is 5.17. The number of nitrogens with zero attached hydrogens (tertiary/aromatic N) is 1. The maximum absolute atomic E-state index is 12.6. The van der Waals surface area contributed by atoms with Gasteiger partial charge in [-0.1, -0.05) is 60.7 Å². The Hall–Kier alpha value is -3.07. The van der Waals surface area contributed by atoms with Gasteiger partial charge in [0.05, 0.1) is 0 Å². The molecule has 0 fully saturated rings. The van der Waals surface area contributed by atoms with E-state index in [2.05, 4.69) is 36.4 Å². The van der Waals surface area contributed by atoms with Crippen molar-refractivity contribution >= 4 is 38.4 Å². The van der Waals surface area contributed by atoms with Crippen molar-refractivity contribution in [2.24, 2.45) is 0 Å². The van der Waals surface area contributed by atoms with Gasteiger partial charge in [-0.25, -0.2) is 4.79 Å². The summed E-state index contributed by atoms with van der Waals surface area (Å²) in [5, 5.41) is 6.55. The molecule has 4 aromatic rings. The largest absolute Gasteiger partial charge is 0.415 e. The van der Waals surface area contributed by atoms with Gasteiger partial charge in [-0.05, 0) is 46.8 Å². The second-order valence-corrected chi connectivity index (χ2v) is 6.35. The SMILES string of the molecule is CCN(CC)C(=O)Oc1cc2ccccc2c2ccc3ccccc3c12. The number of hydrogen-bond donors (Lipinski definition) is 0. The maximum Gasteiger partial charge on any atom is 0.415 e. The molecule has 0 bridgehead atoms. The van der Waals surface area contributed by atoms with Crippen LogP contribution in [0.3, 0.4) is 0 Å². The number of amides is 1. The fraction of sp³-hybridized carbons (Fsp3) is 0.174. The van der Waals surface area contributed by atoms with Gasteiger partial charge in [-0.15, -0.1) is 0 Å². The van der Waals surface area contributed by atoms with Crippen LogP contribution in [0.25, 0.3) is 32.3 Å². The standard InChI is InChI=1S/C23H21NO2/c1-3-24(4-2)23(25)26-21-15-17-10-6-7-11-18(17)20-14-13-16-9-5-8-12-19(16)22(20)21/h5-15H,3-4H2,1-2H3. The topological polar surface area (TPSA) is 29.5 Å². The molecule has 0 aromatic heterocycles. The van der Waals surface area contributed by atoms with Gasteiger partial charge in [-0.2, -0.15) is 0 Å². The summed E-state index contributed by atoms with van der Waals surface area (Å²) in [6.07, 6.45) is -0.306. The van der Waals surface area contributed by atoms with Crippen LogP contribution in [0, 0.1) is 0 Å². The molecule has 0 spiro atoms. The zero-order valence-corrected chi connectivity index (χ0v) is 15.0. The van der Waals surface area contributed by atoms with Crippen LogP contribution in [0.15, 0.2) is 66.7 Å². The fourth-order valence-electron chi connectivity index (χ4n) is 3.56. The molecule has 0 radical (unpaired) electrons. The molecule has 0 aliphatic carbocycles. The normalized spacial score (nSPS) is 11.2. The van der Waals surface area contributed by atoms with Crippen LogP contribution in [-0.4, -0.2) is 24.1 Å². The van der Waals surface area contributed by atoms with Crippen molar-refractivity contribution in [3.63, 3.8) is 0 Å². The molecule has 3 heteroatoms. The van der Waals surface area contributed by atoms with Crippen molar-refractivity contribution in [1.82, 2.24) is 4.90 Å². The number of rotatable bonds is 3. The number of carbonyl (C=O) groups excluding carboxylic acids is 1. The highest BCUT2D eigenvalue weighted by Gasteiger charge is 2.17. The van der Waals surface area contributed by atoms with E-state index in [1.165, 1.54) is 0 Å². The van der Waals surface area contributed by atoms with Crippen molar-refractivity contribution < 1.29 is 9.53 Å². The zero-order chi connectivity index (χ0) is 18.1. The molecule has 0 saturated heterocycles. The predicted octanol–water partition coefficient (Wildman–Crippen LogP) is 5.99. The van der Waals surface area contributed by atoms with Crippen molar-refractivity contribution in [2.45, 2.75) is 13.8 Å². The first-order chi connectivity index (χ1) is 12.7. The van der Waals surface area contributed by atoms with Gasteiger partial charge >= 0.3 is 6.09 Å². The Labute approximate surface area is 152 Å². The Kier molecular flexibility index (Phi) is 4.21. The summed E-state index contributed by atoms with van der Waals surface area (Å²) in [6, 6.07) is 22.6. The molecule has 130 valence electrons. The third kappa shape index (κ3) is 2.66. The van der Waals surface area contributed by atoms with Crippen molar-refractivity contribution in [3.8, 4) is 5.75 Å². The van der Waals surface area contributed by atoms with E-state index in [0.29, 0.717) is 18.8 Å². The number of ether oxygens (including phenoxy) is 1. The number of hydrogen-bond acceptors (Lipinski definition) is 2. The summed E-state index contributed by atoms with van der Waals surface area (Å²) in [5.41, 5.74) is 0. The molecule has 26 heavy (non-hydrogen) atoms. The molecule has 1 amide bonds. The number of benzene rings is 4. The van der Waals surface area contributed by atoms with E-state index in [9.17, 15) is 4.79 Å². The first-order valence-electron chi connectivity index (χ1n) is 9.03. The van der Waals surface area contributed by atoms with Crippen molar-refractivity contribution in [2.75, 3.05) is 13.1 Å². The Morgan fingerprint density at radius 2 is 1.46 bits per heavy atom. The minimum absolute atomic E-state index is 0.306. The average molecular weight is 343 g/mol. The third-order valence-electron chi connectivity index (χ3n) is 4.93. The van der Waals surface area contributed by atoms with Gasteiger partial charge in [-0.3, -0.25) is 0 Å². The molecule has 4 rings (SSSR count). The van der Waals surface area contributed by atoms with Crippen molar-refractivity contribution in [1.29, 1.82) is 0 Å². The van der Waals surface area contributed by atoms with Crippen LogP contribution in [0.2, 0.25) is 0 Å². The van der Waals surface area contributed by atoms with E-state index in [1.807, 2.05) is 44.2 Å². The second-order valence-electron chi connectivity index (χ2n) is 6.35. The quantitative estimate of drug-likeness (QED) is 0.428. The highest BCUT2D eigenvalue weighted by atomic mass is 16.6. The average Bonchev–Trinajstić information content (AvgIpc) is 2.68. The van der Waals surface area contributed by atoms with E-state index in [0.717, 1.165) is 32.3 Å². The molecule has 3 nitrogen and oxygen atoms in total. The lowest BCUT2D eigenvalue weighted by molar-refractivity contribution is 0.158. The summed E-state index contributed by atoms with van der Waals surface area (Å²) >= 11 is 0. The highest BCUT2D eigenvalue weighted by molar-refractivity contribution is 6.20. The van der Waals surface area contributed by atoms with Crippen LogP contribution in [0.5, 0.6) is 5.75 Å². The van der Waals surface area contributed by atoms with Gasteiger partial charge in [0.1, 0.15) is 5.75 Å². The Balaban J connectivity index is 2.02. The predicted molar refractivity (Wildman–Crippen MR) is 108 cm³/mol. The Morgan fingerprint density at radius 3 is 2.19 bits per heavy atom. The van der Waals surface area contributed by atoms with E-state index in [-0.39, 0.29) is 6.09 Å². The Bertz CT molecular complexity index is 1110. The number of carbonyl (C=O) groups is 1. The molecule has 0 aliphatic heterocycles. The van der Waals surface area contributed by atoms with Gasteiger partial charge in [0.2, 0.25) is 0 Å². The molecular formula is C23H21NO2. The first kappa shape index (κ1) is 16.4. The van der Waals surface area contributed by atoms with Crippen molar-refractivity contribution in [3.05, 3.63) is 66.7 Å². The van der Waals surface area contributed by atoms with E-state index < -0.39 is 0 Å². The van der Waals surface area contributed by atoms with E-state index in [4.69, 9.17) is 4.74 Å². The third-order valence-corrected chi connectivity index (χ3v) is 4.93. The first-order valence-corrected chi connectivity index (χ1v) is 9.03. The zero-order valence-electron chi connectivity index (χ0n) is 15.0. The minimum Gasteiger partial charge on any atom is -0.409 e. The van der Waals surface area contributed by atoms with Gasteiger partial charge < -0.3 is 9.64 Å². The summed E-state index contributed by atoms with van der Waals surface area (Å²) in [4.78, 5) is 14.3. The van der Waals surface area contributed by atoms with Gasteiger partial charge in [0.15, 0.2) is 0 Å². The molecule has 0 heterocycles. The lowest BCUT2D eigenvalue weighted by atomic mass is 9.96. The van der Waals surface area contributed by atoms with Crippen LogP contribution in [0.1, 0.15) is 13.8 Å². The smallest absolute Gasteiger partial charge is 0.409 e. The maximum atomic E-state index is 12.6. The molecule has 0 atom stereocenters. The summed E-state index contributed by atoms with van der Waals surface area (Å²) in [7, 11) is 0. The molecule has 0 saturated carbocycles. The van der Waals surface area contributed by atoms with Crippen LogP contribution in [0.4, 0.5) is 4.79 Å². The van der Waals surface area contributed by atoms with Crippen LogP contribution >= 0.6 is 0 Å². The molecule has 4 aromatic carbocycles. The summed E-state index contributed by atoms with van der Waals surface area (Å²) < 4.78 is 5.87. The summed E-state index contributed by atoms with van der Waals surface area (Å²) in [5.74, 6) is 0.618. The Morgan fingerprint density at radius 1 is 0.808 bits per heavy atom. The van der Waals surface area contributed by atoms with Crippen LogP contribution in [-0.2, 0) is 0 Å². The lowest BCUT2D eigenvalue weighted by Gasteiger charge is -2.19. The highest BCUT2D eigenvalue weighted by Crippen LogP contribution is 2.38. The second kappa shape index (κ2) is 6.68.